The largest absolute Gasteiger partial charge is 0.373 e. The Balaban J connectivity index is 2.09. The first-order valence-corrected chi connectivity index (χ1v) is 8.19. The molecular formula is C15H19N3O2S. The summed E-state index contributed by atoms with van der Waals surface area (Å²) in [7, 11) is -1.84. The highest BCUT2D eigenvalue weighted by Gasteiger charge is 2.18. The third kappa shape index (κ3) is 4.27. The van der Waals surface area contributed by atoms with Crippen LogP contribution in [-0.4, -0.2) is 26.5 Å². The van der Waals surface area contributed by atoms with Gasteiger partial charge in [-0.25, -0.2) is 18.1 Å². The quantitative estimate of drug-likeness (QED) is 0.856. The monoisotopic (exact) mass is 305 g/mol. The first-order chi connectivity index (χ1) is 10.0. The normalized spacial score (nSPS) is 12.9. The smallest absolute Gasteiger partial charge is 0.241 e. The maximum Gasteiger partial charge on any atom is 0.241 e. The molecule has 1 heterocycles. The molecule has 1 unspecified atom stereocenters. The molecule has 21 heavy (non-hydrogen) atoms. The Morgan fingerprint density at radius 2 is 1.90 bits per heavy atom. The van der Waals surface area contributed by atoms with Crippen molar-refractivity contribution in [2.75, 3.05) is 12.4 Å². The summed E-state index contributed by atoms with van der Waals surface area (Å²) >= 11 is 0. The lowest BCUT2D eigenvalue weighted by Gasteiger charge is -2.14. The average molecular weight is 305 g/mol. The molecule has 1 aromatic heterocycles. The van der Waals surface area contributed by atoms with Gasteiger partial charge < -0.3 is 5.32 Å². The van der Waals surface area contributed by atoms with Crippen LogP contribution >= 0.6 is 0 Å². The number of hydrogen-bond donors (Lipinski definition) is 2. The van der Waals surface area contributed by atoms with E-state index in [1.54, 1.807) is 7.05 Å². The Hall–Kier alpha value is -1.92. The van der Waals surface area contributed by atoms with Gasteiger partial charge in [0.25, 0.3) is 0 Å². The summed E-state index contributed by atoms with van der Waals surface area (Å²) in [6.45, 7) is 1.85. The van der Waals surface area contributed by atoms with Crippen LogP contribution in [0.2, 0.25) is 0 Å². The van der Waals surface area contributed by atoms with Gasteiger partial charge in [-0.3, -0.25) is 0 Å². The number of benzene rings is 1. The summed E-state index contributed by atoms with van der Waals surface area (Å²) in [5.41, 5.74) is 1.10. The molecule has 0 aliphatic rings. The second-order valence-corrected chi connectivity index (χ2v) is 6.55. The zero-order valence-corrected chi connectivity index (χ0v) is 12.9. The molecule has 2 rings (SSSR count). The van der Waals surface area contributed by atoms with Gasteiger partial charge in [0.2, 0.25) is 10.0 Å². The highest BCUT2D eigenvalue weighted by atomic mass is 32.2. The summed E-state index contributed by atoms with van der Waals surface area (Å²) in [6.07, 6.45) is 2.12. The molecule has 0 saturated carbocycles. The number of nitrogens with zero attached hydrogens (tertiary/aromatic N) is 1. The van der Waals surface area contributed by atoms with E-state index in [-0.39, 0.29) is 10.9 Å². The van der Waals surface area contributed by atoms with Crippen LogP contribution in [0.5, 0.6) is 0 Å². The highest BCUT2D eigenvalue weighted by Crippen LogP contribution is 2.13. The zero-order chi connectivity index (χ0) is 15.3. The second-order valence-electron chi connectivity index (χ2n) is 4.84. The molecule has 0 spiro atoms. The SMILES string of the molecule is CNc1cc(S(=O)(=O)NC(C)Cc2ccccc2)ccn1. The van der Waals surface area contributed by atoms with Gasteiger partial charge >= 0.3 is 0 Å². The summed E-state index contributed by atoms with van der Waals surface area (Å²) in [6, 6.07) is 12.6. The van der Waals surface area contributed by atoms with Crippen molar-refractivity contribution in [3.05, 3.63) is 54.2 Å². The van der Waals surface area contributed by atoms with Crippen LogP contribution in [0.3, 0.4) is 0 Å². The van der Waals surface area contributed by atoms with E-state index in [9.17, 15) is 8.42 Å². The molecule has 0 bridgehead atoms. The standard InChI is InChI=1S/C15H19N3O2S/c1-12(10-13-6-4-3-5-7-13)18-21(19,20)14-8-9-17-15(11-14)16-2/h3-9,11-12,18H,10H2,1-2H3,(H,16,17). The molecule has 0 amide bonds. The van der Waals surface area contributed by atoms with Gasteiger partial charge in [-0.15, -0.1) is 0 Å². The van der Waals surface area contributed by atoms with Crippen LogP contribution in [0, 0.1) is 0 Å². The molecule has 1 atom stereocenters. The number of nitrogens with one attached hydrogen (secondary N) is 2. The molecule has 5 nitrogen and oxygen atoms in total. The number of rotatable bonds is 6. The molecule has 6 heteroatoms. The lowest BCUT2D eigenvalue weighted by molar-refractivity contribution is 0.559. The van der Waals surface area contributed by atoms with Gasteiger partial charge in [0.15, 0.2) is 0 Å². The maximum atomic E-state index is 12.3. The van der Waals surface area contributed by atoms with Crippen LogP contribution in [0.4, 0.5) is 5.82 Å². The van der Waals surface area contributed by atoms with E-state index in [2.05, 4.69) is 15.0 Å². The molecule has 112 valence electrons. The van der Waals surface area contributed by atoms with Gasteiger partial charge in [0.1, 0.15) is 5.82 Å². The summed E-state index contributed by atoms with van der Waals surface area (Å²) in [5, 5.41) is 2.83. The van der Waals surface area contributed by atoms with E-state index in [1.165, 1.54) is 18.3 Å². The third-order valence-electron chi connectivity index (χ3n) is 3.04. The number of hydrogen-bond acceptors (Lipinski definition) is 4. The Labute approximate surface area is 125 Å². The molecular weight excluding hydrogens is 286 g/mol. The number of aromatic nitrogens is 1. The minimum Gasteiger partial charge on any atom is -0.373 e. The predicted octanol–water partition coefficient (Wildman–Crippen LogP) is 2.03. The first kappa shape index (κ1) is 15.5. The second kappa shape index (κ2) is 6.69. The van der Waals surface area contributed by atoms with E-state index < -0.39 is 10.0 Å². The molecule has 1 aromatic carbocycles. The Bertz CT molecular complexity index is 687. The topological polar surface area (TPSA) is 71.1 Å². The highest BCUT2D eigenvalue weighted by molar-refractivity contribution is 7.89. The molecule has 2 N–H and O–H groups in total. The maximum absolute atomic E-state index is 12.3. The van der Waals surface area contributed by atoms with Crippen LogP contribution in [0.1, 0.15) is 12.5 Å². The molecule has 0 aliphatic carbocycles. The molecule has 0 radical (unpaired) electrons. The van der Waals surface area contributed by atoms with Gasteiger partial charge in [-0.05, 0) is 25.0 Å². The fourth-order valence-corrected chi connectivity index (χ4v) is 3.31. The zero-order valence-electron chi connectivity index (χ0n) is 12.1. The van der Waals surface area contributed by atoms with E-state index in [4.69, 9.17) is 0 Å². The number of sulfonamides is 1. The lowest BCUT2D eigenvalue weighted by Crippen LogP contribution is -2.34. The molecule has 0 saturated heterocycles. The van der Waals surface area contributed by atoms with Crippen LogP contribution < -0.4 is 10.0 Å². The molecule has 0 fully saturated rings. The van der Waals surface area contributed by atoms with E-state index in [0.29, 0.717) is 12.2 Å². The Kier molecular flexibility index (Phi) is 4.93. The third-order valence-corrected chi connectivity index (χ3v) is 4.63. The van der Waals surface area contributed by atoms with Gasteiger partial charge in [-0.1, -0.05) is 30.3 Å². The molecule has 2 aromatic rings. The van der Waals surface area contributed by atoms with Gasteiger partial charge in [-0.2, -0.15) is 0 Å². The number of anilines is 1. The average Bonchev–Trinajstić information content (AvgIpc) is 2.47. The van der Waals surface area contributed by atoms with E-state index >= 15 is 0 Å². The van der Waals surface area contributed by atoms with Crippen molar-refractivity contribution in [3.63, 3.8) is 0 Å². The van der Waals surface area contributed by atoms with Gasteiger partial charge in [0, 0.05) is 25.4 Å². The minimum absolute atomic E-state index is 0.191. The Morgan fingerprint density at radius 3 is 2.57 bits per heavy atom. The van der Waals surface area contributed by atoms with E-state index in [1.807, 2.05) is 37.3 Å². The lowest BCUT2D eigenvalue weighted by atomic mass is 10.1. The van der Waals surface area contributed by atoms with Crippen molar-refractivity contribution in [1.29, 1.82) is 0 Å². The summed E-state index contributed by atoms with van der Waals surface area (Å²) in [5.74, 6) is 0.522. The van der Waals surface area contributed by atoms with Crippen LogP contribution in [0.15, 0.2) is 53.6 Å². The predicted molar refractivity (Wildman–Crippen MR) is 83.7 cm³/mol. The van der Waals surface area contributed by atoms with Crippen LogP contribution in [-0.2, 0) is 16.4 Å². The van der Waals surface area contributed by atoms with Crippen molar-refractivity contribution >= 4 is 15.8 Å². The van der Waals surface area contributed by atoms with Crippen molar-refractivity contribution in [1.82, 2.24) is 9.71 Å². The fraction of sp³-hybridized carbons (Fsp3) is 0.267. The Morgan fingerprint density at radius 1 is 1.19 bits per heavy atom. The van der Waals surface area contributed by atoms with Crippen molar-refractivity contribution < 1.29 is 8.42 Å². The van der Waals surface area contributed by atoms with Gasteiger partial charge in [0.05, 0.1) is 4.90 Å². The van der Waals surface area contributed by atoms with Crippen molar-refractivity contribution in [3.8, 4) is 0 Å². The minimum atomic E-state index is -3.54. The summed E-state index contributed by atoms with van der Waals surface area (Å²) in [4.78, 5) is 4.22. The fourth-order valence-electron chi connectivity index (χ4n) is 2.06. The van der Waals surface area contributed by atoms with Crippen LogP contribution in [0.25, 0.3) is 0 Å². The molecule has 0 aliphatic heterocycles. The first-order valence-electron chi connectivity index (χ1n) is 6.71. The van der Waals surface area contributed by atoms with E-state index in [0.717, 1.165) is 5.56 Å². The van der Waals surface area contributed by atoms with Crippen molar-refractivity contribution in [2.24, 2.45) is 0 Å². The number of pyridine rings is 1. The summed E-state index contributed by atoms with van der Waals surface area (Å²) < 4.78 is 27.4. The van der Waals surface area contributed by atoms with Crippen molar-refractivity contribution in [2.45, 2.75) is 24.3 Å².